The van der Waals surface area contributed by atoms with Crippen LogP contribution in [0, 0.1) is 20.8 Å². The fraction of sp³-hybridized carbons (Fsp3) is 0.304. The van der Waals surface area contributed by atoms with E-state index in [9.17, 15) is 9.59 Å². The zero-order chi connectivity index (χ0) is 21.0. The average Bonchev–Trinajstić information content (AvgIpc) is 2.70. The maximum Gasteiger partial charge on any atom is 0.339 e. The van der Waals surface area contributed by atoms with Gasteiger partial charge >= 0.3 is 5.63 Å². The lowest BCUT2D eigenvalue weighted by Crippen LogP contribution is -2.30. The van der Waals surface area contributed by atoms with E-state index in [0.717, 1.165) is 27.8 Å². The quantitative estimate of drug-likeness (QED) is 0.620. The summed E-state index contributed by atoms with van der Waals surface area (Å²) in [5.41, 5.74) is 3.44. The van der Waals surface area contributed by atoms with E-state index in [2.05, 4.69) is 5.32 Å². The van der Waals surface area contributed by atoms with Gasteiger partial charge in [0.15, 0.2) is 6.61 Å². The lowest BCUT2D eigenvalue weighted by atomic mass is 10.0. The maximum absolute atomic E-state index is 12.2. The molecule has 0 aliphatic carbocycles. The molecule has 1 N–H and O–H groups in total. The summed E-state index contributed by atoms with van der Waals surface area (Å²) < 4.78 is 16.3. The maximum atomic E-state index is 12.2. The van der Waals surface area contributed by atoms with Crippen LogP contribution in [0.4, 0.5) is 0 Å². The SMILES string of the molecule is COc1ccc(CCNC(=O)COc2cc(C)cc3oc(=O)c(C)c(C)c23)cc1. The first kappa shape index (κ1) is 20.5. The predicted molar refractivity (Wildman–Crippen MR) is 112 cm³/mol. The number of hydrogen-bond donors (Lipinski definition) is 1. The van der Waals surface area contributed by atoms with Crippen molar-refractivity contribution in [3.8, 4) is 11.5 Å². The number of fused-ring (bicyclic) bond motifs is 1. The zero-order valence-electron chi connectivity index (χ0n) is 17.1. The third-order valence-electron chi connectivity index (χ3n) is 4.91. The highest BCUT2D eigenvalue weighted by Crippen LogP contribution is 2.30. The second-order valence-corrected chi connectivity index (χ2v) is 7.01. The summed E-state index contributed by atoms with van der Waals surface area (Å²) in [6.07, 6.45) is 0.715. The second kappa shape index (κ2) is 8.82. The number of carbonyl (C=O) groups is 1. The average molecular weight is 395 g/mol. The molecule has 0 fully saturated rings. The molecule has 0 unspecified atom stereocenters. The number of nitrogens with one attached hydrogen (secondary N) is 1. The first-order chi connectivity index (χ1) is 13.9. The monoisotopic (exact) mass is 395 g/mol. The molecule has 6 heteroatoms. The van der Waals surface area contributed by atoms with E-state index in [1.54, 1.807) is 20.1 Å². The van der Waals surface area contributed by atoms with Crippen LogP contribution in [0.3, 0.4) is 0 Å². The third-order valence-corrected chi connectivity index (χ3v) is 4.91. The van der Waals surface area contributed by atoms with Crippen LogP contribution in [-0.4, -0.2) is 26.2 Å². The Bertz CT molecular complexity index is 1080. The van der Waals surface area contributed by atoms with E-state index < -0.39 is 0 Å². The molecular formula is C23H25NO5. The summed E-state index contributed by atoms with van der Waals surface area (Å²) in [7, 11) is 1.63. The first-order valence-corrected chi connectivity index (χ1v) is 9.46. The van der Waals surface area contributed by atoms with E-state index in [0.29, 0.717) is 29.9 Å². The number of amides is 1. The van der Waals surface area contributed by atoms with Gasteiger partial charge in [0.1, 0.15) is 17.1 Å². The molecule has 0 aliphatic heterocycles. The Morgan fingerprint density at radius 1 is 1.07 bits per heavy atom. The van der Waals surface area contributed by atoms with Gasteiger partial charge in [-0.05, 0) is 68.1 Å². The van der Waals surface area contributed by atoms with Crippen molar-refractivity contribution >= 4 is 16.9 Å². The summed E-state index contributed by atoms with van der Waals surface area (Å²) >= 11 is 0. The highest BCUT2D eigenvalue weighted by molar-refractivity contribution is 5.88. The lowest BCUT2D eigenvalue weighted by molar-refractivity contribution is -0.123. The van der Waals surface area contributed by atoms with Crippen molar-refractivity contribution in [1.82, 2.24) is 5.32 Å². The molecule has 0 spiro atoms. The molecule has 3 rings (SSSR count). The van der Waals surface area contributed by atoms with Crippen molar-refractivity contribution < 1.29 is 18.7 Å². The van der Waals surface area contributed by atoms with Gasteiger partial charge in [-0.15, -0.1) is 0 Å². The van der Waals surface area contributed by atoms with Crippen LogP contribution < -0.4 is 20.4 Å². The second-order valence-electron chi connectivity index (χ2n) is 7.01. The van der Waals surface area contributed by atoms with Crippen LogP contribution in [-0.2, 0) is 11.2 Å². The van der Waals surface area contributed by atoms with Gasteiger partial charge in [-0.2, -0.15) is 0 Å². The summed E-state index contributed by atoms with van der Waals surface area (Å²) in [6, 6.07) is 11.4. The van der Waals surface area contributed by atoms with Crippen LogP contribution in [0.15, 0.2) is 45.6 Å². The molecule has 0 bridgehead atoms. The van der Waals surface area contributed by atoms with Crippen LogP contribution in [0.5, 0.6) is 11.5 Å². The third kappa shape index (κ3) is 4.77. The van der Waals surface area contributed by atoms with Crippen LogP contribution in [0.1, 0.15) is 22.3 Å². The molecule has 1 amide bonds. The van der Waals surface area contributed by atoms with Crippen LogP contribution in [0.2, 0.25) is 0 Å². The minimum atomic E-state index is -0.358. The Balaban J connectivity index is 1.63. The molecule has 3 aromatic rings. The summed E-state index contributed by atoms with van der Waals surface area (Å²) in [5, 5.41) is 3.58. The smallest absolute Gasteiger partial charge is 0.339 e. The molecule has 0 saturated heterocycles. The van der Waals surface area contributed by atoms with E-state index >= 15 is 0 Å². The minimum Gasteiger partial charge on any atom is -0.497 e. The number of methoxy groups -OCH3 is 1. The number of carbonyl (C=O) groups excluding carboxylic acids is 1. The van der Waals surface area contributed by atoms with Gasteiger partial charge in [0, 0.05) is 12.1 Å². The Morgan fingerprint density at radius 3 is 2.48 bits per heavy atom. The summed E-state index contributed by atoms with van der Waals surface area (Å²) in [4.78, 5) is 24.1. The van der Waals surface area contributed by atoms with Crippen molar-refractivity contribution in [3.63, 3.8) is 0 Å². The molecule has 0 aliphatic rings. The van der Waals surface area contributed by atoms with E-state index in [4.69, 9.17) is 13.9 Å². The Hall–Kier alpha value is -3.28. The van der Waals surface area contributed by atoms with Gasteiger partial charge in [0.25, 0.3) is 5.91 Å². The topological polar surface area (TPSA) is 77.8 Å². The molecule has 0 saturated carbocycles. The Morgan fingerprint density at radius 2 is 1.79 bits per heavy atom. The molecule has 0 radical (unpaired) electrons. The zero-order valence-corrected chi connectivity index (χ0v) is 17.1. The van der Waals surface area contributed by atoms with E-state index in [1.807, 2.05) is 44.2 Å². The van der Waals surface area contributed by atoms with Gasteiger partial charge in [0.05, 0.1) is 12.5 Å². The Kier molecular flexibility index (Phi) is 6.22. The predicted octanol–water partition coefficient (Wildman–Crippen LogP) is 3.46. The molecule has 1 heterocycles. The van der Waals surface area contributed by atoms with Gasteiger partial charge in [-0.3, -0.25) is 4.79 Å². The first-order valence-electron chi connectivity index (χ1n) is 9.46. The molecule has 1 aromatic heterocycles. The fourth-order valence-electron chi connectivity index (χ4n) is 3.13. The number of benzene rings is 2. The molecule has 29 heavy (non-hydrogen) atoms. The van der Waals surface area contributed by atoms with Crippen molar-refractivity contribution in [2.75, 3.05) is 20.3 Å². The fourth-order valence-corrected chi connectivity index (χ4v) is 3.13. The number of aryl methyl sites for hydroxylation is 2. The normalized spacial score (nSPS) is 10.8. The van der Waals surface area contributed by atoms with Crippen LogP contribution in [0.25, 0.3) is 11.0 Å². The minimum absolute atomic E-state index is 0.112. The number of ether oxygens (including phenoxy) is 2. The van der Waals surface area contributed by atoms with E-state index in [-0.39, 0.29) is 18.1 Å². The lowest BCUT2D eigenvalue weighted by Gasteiger charge is -2.13. The van der Waals surface area contributed by atoms with Gasteiger partial charge < -0.3 is 19.2 Å². The highest BCUT2D eigenvalue weighted by Gasteiger charge is 2.14. The van der Waals surface area contributed by atoms with Gasteiger partial charge in [-0.1, -0.05) is 12.1 Å². The summed E-state index contributed by atoms with van der Waals surface area (Å²) in [6.45, 7) is 5.85. The van der Waals surface area contributed by atoms with Crippen LogP contribution >= 0.6 is 0 Å². The number of hydrogen-bond acceptors (Lipinski definition) is 5. The van der Waals surface area contributed by atoms with Gasteiger partial charge in [0.2, 0.25) is 0 Å². The Labute approximate surface area is 169 Å². The number of rotatable bonds is 7. The van der Waals surface area contributed by atoms with Crippen molar-refractivity contribution in [1.29, 1.82) is 0 Å². The molecule has 6 nitrogen and oxygen atoms in total. The van der Waals surface area contributed by atoms with Gasteiger partial charge in [-0.25, -0.2) is 4.79 Å². The van der Waals surface area contributed by atoms with Crippen molar-refractivity contribution in [2.24, 2.45) is 0 Å². The standard InChI is InChI=1S/C23H25NO5/c1-14-11-19(22-15(2)16(3)23(26)29-20(22)12-14)28-13-21(25)24-10-9-17-5-7-18(27-4)8-6-17/h5-8,11-12H,9-10,13H2,1-4H3,(H,24,25). The van der Waals surface area contributed by atoms with Crippen molar-refractivity contribution in [2.45, 2.75) is 27.2 Å². The largest absolute Gasteiger partial charge is 0.497 e. The van der Waals surface area contributed by atoms with E-state index in [1.165, 1.54) is 0 Å². The highest BCUT2D eigenvalue weighted by atomic mass is 16.5. The molecular weight excluding hydrogens is 370 g/mol. The van der Waals surface area contributed by atoms with Crippen molar-refractivity contribution in [3.05, 3.63) is 69.1 Å². The molecule has 152 valence electrons. The molecule has 2 aromatic carbocycles. The summed E-state index contributed by atoms with van der Waals surface area (Å²) in [5.74, 6) is 1.13. The molecule has 0 atom stereocenters.